The molecular formula is C12H7FN2O4S2. The van der Waals surface area contributed by atoms with E-state index < -0.39 is 21.8 Å². The van der Waals surface area contributed by atoms with E-state index in [0.29, 0.717) is 0 Å². The summed E-state index contributed by atoms with van der Waals surface area (Å²) in [5, 5.41) is 17.6. The summed E-state index contributed by atoms with van der Waals surface area (Å²) in [5.74, 6) is -2.17. The number of anilines is 1. The van der Waals surface area contributed by atoms with Gasteiger partial charge in [-0.2, -0.15) is 5.26 Å². The summed E-state index contributed by atoms with van der Waals surface area (Å²) in [4.78, 5) is 11.2. The minimum absolute atomic E-state index is 0.167. The van der Waals surface area contributed by atoms with Crippen LogP contribution in [0, 0.1) is 17.1 Å². The molecule has 2 aromatic rings. The van der Waals surface area contributed by atoms with Crippen LogP contribution in [0.4, 0.5) is 10.1 Å². The van der Waals surface area contributed by atoms with Crippen molar-refractivity contribution in [1.82, 2.24) is 0 Å². The molecular weight excluding hydrogens is 319 g/mol. The van der Waals surface area contributed by atoms with Crippen molar-refractivity contribution in [2.24, 2.45) is 0 Å². The third-order valence-corrected chi connectivity index (χ3v) is 5.26. The molecule has 21 heavy (non-hydrogen) atoms. The Morgan fingerprint density at radius 3 is 2.62 bits per heavy atom. The van der Waals surface area contributed by atoms with E-state index in [9.17, 15) is 17.6 Å². The maximum atomic E-state index is 13.2. The van der Waals surface area contributed by atoms with Gasteiger partial charge in [-0.1, -0.05) is 0 Å². The molecule has 2 rings (SSSR count). The standard InChI is InChI=1S/C12H7FN2O4S2/c13-7-1-3-9(12(16)17)10(5-7)15-21(18,19)11-4-2-8(6-14)20-11/h1-5,15H,(H,16,17). The van der Waals surface area contributed by atoms with Crippen LogP contribution in [-0.2, 0) is 10.0 Å². The zero-order chi connectivity index (χ0) is 15.6. The number of rotatable bonds is 4. The lowest BCUT2D eigenvalue weighted by Gasteiger charge is -2.09. The summed E-state index contributed by atoms with van der Waals surface area (Å²) < 4.78 is 39.2. The average molecular weight is 326 g/mol. The third-order valence-electron chi connectivity index (χ3n) is 2.41. The molecule has 0 radical (unpaired) electrons. The van der Waals surface area contributed by atoms with Crippen molar-refractivity contribution in [3.8, 4) is 6.07 Å². The van der Waals surface area contributed by atoms with Crippen molar-refractivity contribution in [2.75, 3.05) is 4.72 Å². The summed E-state index contributed by atoms with van der Waals surface area (Å²) in [7, 11) is -4.09. The number of nitrogens with one attached hydrogen (secondary N) is 1. The highest BCUT2D eigenvalue weighted by atomic mass is 32.2. The van der Waals surface area contributed by atoms with Crippen LogP contribution in [0.3, 0.4) is 0 Å². The summed E-state index contributed by atoms with van der Waals surface area (Å²) >= 11 is 0.725. The summed E-state index contributed by atoms with van der Waals surface area (Å²) in [6, 6.07) is 6.99. The van der Waals surface area contributed by atoms with E-state index in [-0.39, 0.29) is 20.3 Å². The summed E-state index contributed by atoms with van der Waals surface area (Å²) in [6.45, 7) is 0. The molecule has 0 spiro atoms. The molecule has 1 heterocycles. The van der Waals surface area contributed by atoms with Crippen LogP contribution >= 0.6 is 11.3 Å². The first kappa shape index (κ1) is 15.0. The predicted molar refractivity (Wildman–Crippen MR) is 73.2 cm³/mol. The molecule has 0 fully saturated rings. The molecule has 0 aliphatic rings. The zero-order valence-corrected chi connectivity index (χ0v) is 11.8. The number of nitriles is 1. The normalized spacial score (nSPS) is 10.9. The number of carboxylic acids is 1. The van der Waals surface area contributed by atoms with Gasteiger partial charge in [0.25, 0.3) is 10.0 Å². The predicted octanol–water partition coefficient (Wildman–Crippen LogP) is 2.26. The molecule has 0 atom stereocenters. The van der Waals surface area contributed by atoms with Gasteiger partial charge in [0.1, 0.15) is 21.0 Å². The minimum atomic E-state index is -4.09. The summed E-state index contributed by atoms with van der Waals surface area (Å²) in [5.41, 5.74) is -0.758. The van der Waals surface area contributed by atoms with E-state index in [2.05, 4.69) is 0 Å². The summed E-state index contributed by atoms with van der Waals surface area (Å²) in [6.07, 6.45) is 0. The highest BCUT2D eigenvalue weighted by molar-refractivity contribution is 7.94. The van der Waals surface area contributed by atoms with E-state index >= 15 is 0 Å². The van der Waals surface area contributed by atoms with Crippen LogP contribution in [0.5, 0.6) is 0 Å². The molecule has 0 aliphatic heterocycles. The topological polar surface area (TPSA) is 107 Å². The van der Waals surface area contributed by atoms with Crippen molar-refractivity contribution < 1.29 is 22.7 Å². The first-order valence-electron chi connectivity index (χ1n) is 5.39. The van der Waals surface area contributed by atoms with Crippen LogP contribution in [0.2, 0.25) is 0 Å². The van der Waals surface area contributed by atoms with E-state index in [1.54, 1.807) is 6.07 Å². The highest BCUT2D eigenvalue weighted by Gasteiger charge is 2.21. The van der Waals surface area contributed by atoms with Gasteiger partial charge in [0.15, 0.2) is 0 Å². The Kier molecular flexibility index (Phi) is 3.93. The lowest BCUT2D eigenvalue weighted by molar-refractivity contribution is 0.0698. The number of thiophene rings is 1. The average Bonchev–Trinajstić information content (AvgIpc) is 2.87. The number of hydrogen-bond acceptors (Lipinski definition) is 5. The Hall–Kier alpha value is -2.44. The van der Waals surface area contributed by atoms with Crippen LogP contribution in [0.1, 0.15) is 15.2 Å². The van der Waals surface area contributed by atoms with Gasteiger partial charge in [0.2, 0.25) is 0 Å². The van der Waals surface area contributed by atoms with E-state index in [4.69, 9.17) is 10.4 Å². The number of halogens is 1. The molecule has 0 aliphatic carbocycles. The number of aromatic carboxylic acids is 1. The van der Waals surface area contributed by atoms with Gasteiger partial charge in [-0.05, 0) is 30.3 Å². The maximum absolute atomic E-state index is 13.2. The molecule has 0 bridgehead atoms. The van der Waals surface area contributed by atoms with Crippen molar-refractivity contribution in [3.05, 3.63) is 46.6 Å². The Balaban J connectivity index is 2.43. The molecule has 1 aromatic carbocycles. The van der Waals surface area contributed by atoms with Crippen molar-refractivity contribution in [3.63, 3.8) is 0 Å². The van der Waals surface area contributed by atoms with E-state index in [0.717, 1.165) is 29.5 Å². The monoisotopic (exact) mass is 326 g/mol. The van der Waals surface area contributed by atoms with Gasteiger partial charge in [-0.3, -0.25) is 4.72 Å². The third kappa shape index (κ3) is 3.18. The van der Waals surface area contributed by atoms with Crippen LogP contribution in [0.15, 0.2) is 34.5 Å². The second-order valence-electron chi connectivity index (χ2n) is 3.83. The number of carbonyl (C=O) groups is 1. The van der Waals surface area contributed by atoms with E-state index in [1.165, 1.54) is 12.1 Å². The second kappa shape index (κ2) is 5.51. The molecule has 0 amide bonds. The fraction of sp³-hybridized carbons (Fsp3) is 0. The molecule has 6 nitrogen and oxygen atoms in total. The molecule has 0 saturated carbocycles. The first-order chi connectivity index (χ1) is 9.83. The Morgan fingerprint density at radius 2 is 2.05 bits per heavy atom. The van der Waals surface area contributed by atoms with Gasteiger partial charge in [0, 0.05) is 0 Å². The SMILES string of the molecule is N#Cc1ccc(S(=O)(=O)Nc2cc(F)ccc2C(=O)O)s1. The van der Waals surface area contributed by atoms with Gasteiger partial charge >= 0.3 is 5.97 Å². The van der Waals surface area contributed by atoms with Gasteiger partial charge in [-0.25, -0.2) is 17.6 Å². The van der Waals surface area contributed by atoms with Gasteiger partial charge in [0.05, 0.1) is 11.3 Å². The molecule has 0 unspecified atom stereocenters. The number of sulfonamides is 1. The molecule has 9 heteroatoms. The maximum Gasteiger partial charge on any atom is 0.337 e. The smallest absolute Gasteiger partial charge is 0.337 e. The van der Waals surface area contributed by atoms with Gasteiger partial charge in [-0.15, -0.1) is 11.3 Å². The van der Waals surface area contributed by atoms with Gasteiger partial charge < -0.3 is 5.11 Å². The van der Waals surface area contributed by atoms with Crippen molar-refractivity contribution in [1.29, 1.82) is 5.26 Å². The number of benzene rings is 1. The first-order valence-corrected chi connectivity index (χ1v) is 7.69. The van der Waals surface area contributed by atoms with Crippen LogP contribution in [0.25, 0.3) is 0 Å². The Labute approximate surface area is 123 Å². The molecule has 108 valence electrons. The van der Waals surface area contributed by atoms with Crippen molar-refractivity contribution >= 4 is 33.0 Å². The second-order valence-corrected chi connectivity index (χ2v) is 6.82. The molecule has 0 saturated heterocycles. The van der Waals surface area contributed by atoms with E-state index in [1.807, 2.05) is 4.72 Å². The fourth-order valence-corrected chi connectivity index (χ4v) is 3.68. The van der Waals surface area contributed by atoms with Crippen molar-refractivity contribution in [2.45, 2.75) is 4.21 Å². The highest BCUT2D eigenvalue weighted by Crippen LogP contribution is 2.25. The fourth-order valence-electron chi connectivity index (χ4n) is 1.51. The minimum Gasteiger partial charge on any atom is -0.478 e. The van der Waals surface area contributed by atoms with Crippen LogP contribution in [-0.4, -0.2) is 19.5 Å². The number of carboxylic acid groups (broad SMARTS) is 1. The Bertz CT molecular complexity index is 852. The lowest BCUT2D eigenvalue weighted by Crippen LogP contribution is -2.14. The lowest BCUT2D eigenvalue weighted by atomic mass is 10.2. The number of hydrogen-bond donors (Lipinski definition) is 2. The van der Waals surface area contributed by atoms with Crippen LogP contribution < -0.4 is 4.72 Å². The number of nitrogens with zero attached hydrogens (tertiary/aromatic N) is 1. The molecule has 1 aromatic heterocycles. The molecule has 2 N–H and O–H groups in total. The zero-order valence-electron chi connectivity index (χ0n) is 10.2. The largest absolute Gasteiger partial charge is 0.478 e. The Morgan fingerprint density at radius 1 is 1.33 bits per heavy atom. The quantitative estimate of drug-likeness (QED) is 0.896.